The number of carbonyl (C=O) groups is 1. The fourth-order valence-corrected chi connectivity index (χ4v) is 3.34. The number of methoxy groups -OCH3 is 1. The topological polar surface area (TPSA) is 81.7 Å². The molecule has 0 atom stereocenters. The normalized spacial score (nSPS) is 10.9. The van der Waals surface area contributed by atoms with Crippen molar-refractivity contribution in [1.29, 1.82) is 0 Å². The molecule has 2 rings (SSSR count). The zero-order valence-electron chi connectivity index (χ0n) is 12.2. The number of hydrogen-bond donors (Lipinski definition) is 1. The van der Waals surface area contributed by atoms with Crippen molar-refractivity contribution in [2.24, 2.45) is 0 Å². The lowest BCUT2D eigenvalue weighted by Crippen LogP contribution is -2.14. The van der Waals surface area contributed by atoms with Crippen molar-refractivity contribution in [2.45, 2.75) is 4.90 Å². The summed E-state index contributed by atoms with van der Waals surface area (Å²) >= 11 is 3.24. The minimum Gasteiger partial charge on any atom is -0.482 e. The number of ether oxygens (including phenoxy) is 2. The molecule has 0 aliphatic carbocycles. The van der Waals surface area contributed by atoms with E-state index in [0.29, 0.717) is 15.9 Å². The number of sulfonamides is 1. The van der Waals surface area contributed by atoms with Crippen LogP contribution in [0.1, 0.15) is 0 Å². The maximum atomic E-state index is 12.3. The van der Waals surface area contributed by atoms with E-state index in [0.717, 1.165) is 0 Å². The van der Waals surface area contributed by atoms with Crippen molar-refractivity contribution in [3.8, 4) is 5.75 Å². The zero-order chi connectivity index (χ0) is 16.9. The maximum Gasteiger partial charge on any atom is 0.343 e. The van der Waals surface area contributed by atoms with E-state index in [1.54, 1.807) is 30.3 Å². The number of carbonyl (C=O) groups excluding carboxylic acids is 1. The van der Waals surface area contributed by atoms with Crippen LogP contribution in [0.3, 0.4) is 0 Å². The summed E-state index contributed by atoms with van der Waals surface area (Å²) in [4.78, 5) is 11.2. The first kappa shape index (κ1) is 17.3. The minimum absolute atomic E-state index is 0.132. The number of halogens is 1. The summed E-state index contributed by atoms with van der Waals surface area (Å²) in [7, 11) is -2.46. The number of anilines is 1. The Morgan fingerprint density at radius 1 is 1.17 bits per heavy atom. The molecule has 0 aliphatic heterocycles. The molecule has 0 heterocycles. The lowest BCUT2D eigenvalue weighted by atomic mass is 10.3. The number of benzene rings is 2. The van der Waals surface area contributed by atoms with Gasteiger partial charge in [0.25, 0.3) is 10.0 Å². The van der Waals surface area contributed by atoms with Gasteiger partial charge in [-0.25, -0.2) is 13.2 Å². The molecule has 122 valence electrons. The summed E-state index contributed by atoms with van der Waals surface area (Å²) in [6.07, 6.45) is 0. The van der Waals surface area contributed by atoms with E-state index in [4.69, 9.17) is 4.74 Å². The van der Waals surface area contributed by atoms with Crippen molar-refractivity contribution in [3.63, 3.8) is 0 Å². The van der Waals surface area contributed by atoms with Crippen LogP contribution in [0.25, 0.3) is 0 Å². The minimum atomic E-state index is -3.72. The predicted octanol–water partition coefficient (Wildman–Crippen LogP) is 2.80. The Labute approximate surface area is 142 Å². The molecule has 0 fully saturated rings. The fraction of sp³-hybridized carbons (Fsp3) is 0.133. The van der Waals surface area contributed by atoms with E-state index in [2.05, 4.69) is 25.4 Å². The maximum absolute atomic E-state index is 12.3. The number of nitrogens with one attached hydrogen (secondary N) is 1. The van der Waals surface area contributed by atoms with Gasteiger partial charge >= 0.3 is 5.97 Å². The van der Waals surface area contributed by atoms with Gasteiger partial charge in [-0.3, -0.25) is 4.72 Å². The Balaban J connectivity index is 2.15. The Morgan fingerprint density at radius 3 is 2.61 bits per heavy atom. The van der Waals surface area contributed by atoms with Gasteiger partial charge in [0, 0.05) is 10.5 Å². The highest BCUT2D eigenvalue weighted by atomic mass is 79.9. The number of esters is 1. The molecule has 6 nitrogen and oxygen atoms in total. The van der Waals surface area contributed by atoms with Crippen LogP contribution in [-0.4, -0.2) is 28.1 Å². The van der Waals surface area contributed by atoms with Gasteiger partial charge in [-0.1, -0.05) is 28.1 Å². The fourth-order valence-electron chi connectivity index (χ4n) is 1.70. The molecular formula is C15H14BrNO5S. The SMILES string of the molecule is COC(=O)COc1cccc(NS(=O)(=O)c2cccc(Br)c2)c1. The van der Waals surface area contributed by atoms with Crippen LogP contribution in [0, 0.1) is 0 Å². The first-order chi connectivity index (χ1) is 10.9. The molecule has 0 aliphatic rings. The Morgan fingerprint density at radius 2 is 1.91 bits per heavy atom. The lowest BCUT2D eigenvalue weighted by molar-refractivity contribution is -0.142. The van der Waals surface area contributed by atoms with Crippen LogP contribution in [0.4, 0.5) is 5.69 Å². The molecule has 0 amide bonds. The van der Waals surface area contributed by atoms with Crippen LogP contribution in [0.15, 0.2) is 57.9 Å². The second-order valence-corrected chi connectivity index (χ2v) is 7.05. The van der Waals surface area contributed by atoms with Crippen LogP contribution in [0.5, 0.6) is 5.75 Å². The van der Waals surface area contributed by atoms with Crippen LogP contribution in [-0.2, 0) is 19.6 Å². The van der Waals surface area contributed by atoms with Crippen LogP contribution < -0.4 is 9.46 Å². The molecule has 1 N–H and O–H groups in total. The van der Waals surface area contributed by atoms with Crippen molar-refractivity contribution in [2.75, 3.05) is 18.4 Å². The largest absolute Gasteiger partial charge is 0.482 e. The van der Waals surface area contributed by atoms with Gasteiger partial charge in [-0.05, 0) is 30.3 Å². The molecule has 0 saturated heterocycles. The lowest BCUT2D eigenvalue weighted by Gasteiger charge is -2.10. The Kier molecular flexibility index (Phi) is 5.62. The van der Waals surface area contributed by atoms with Gasteiger partial charge in [0.05, 0.1) is 17.7 Å². The summed E-state index contributed by atoms with van der Waals surface area (Å²) in [5, 5.41) is 0. The molecule has 8 heteroatoms. The summed E-state index contributed by atoms with van der Waals surface area (Å²) in [6, 6.07) is 12.7. The van der Waals surface area contributed by atoms with E-state index in [1.807, 2.05) is 0 Å². The monoisotopic (exact) mass is 399 g/mol. The Hall–Kier alpha value is -2.06. The van der Waals surface area contributed by atoms with Gasteiger partial charge in [-0.2, -0.15) is 0 Å². The van der Waals surface area contributed by atoms with Crippen LogP contribution >= 0.6 is 15.9 Å². The molecule has 2 aromatic rings. The third kappa shape index (κ3) is 4.97. The Bertz CT molecular complexity index is 807. The second-order valence-electron chi connectivity index (χ2n) is 4.46. The smallest absolute Gasteiger partial charge is 0.343 e. The number of hydrogen-bond acceptors (Lipinski definition) is 5. The molecule has 23 heavy (non-hydrogen) atoms. The van der Waals surface area contributed by atoms with Crippen molar-refractivity contribution in [3.05, 3.63) is 53.0 Å². The quantitative estimate of drug-likeness (QED) is 0.755. The van der Waals surface area contributed by atoms with E-state index in [9.17, 15) is 13.2 Å². The standard InChI is InChI=1S/C15H14BrNO5S/c1-21-15(18)10-22-13-6-3-5-12(9-13)17-23(19,20)14-7-2-4-11(16)8-14/h2-9,17H,10H2,1H3. The first-order valence-corrected chi connectivity index (χ1v) is 8.76. The first-order valence-electron chi connectivity index (χ1n) is 6.49. The molecule has 0 unspecified atom stereocenters. The zero-order valence-corrected chi connectivity index (χ0v) is 14.6. The predicted molar refractivity (Wildman–Crippen MR) is 88.9 cm³/mol. The molecule has 2 aromatic carbocycles. The van der Waals surface area contributed by atoms with Gasteiger partial charge in [0.1, 0.15) is 5.75 Å². The molecule has 0 radical (unpaired) electrons. The summed E-state index contributed by atoms with van der Waals surface area (Å²) in [5.74, 6) is -0.171. The third-order valence-corrected chi connectivity index (χ3v) is 4.65. The average molecular weight is 400 g/mol. The third-order valence-electron chi connectivity index (χ3n) is 2.78. The van der Waals surface area contributed by atoms with E-state index < -0.39 is 16.0 Å². The molecule has 0 aromatic heterocycles. The second kappa shape index (κ2) is 7.47. The average Bonchev–Trinajstić information content (AvgIpc) is 2.52. The van der Waals surface area contributed by atoms with Gasteiger partial charge in [0.15, 0.2) is 6.61 Å². The van der Waals surface area contributed by atoms with Crippen LogP contribution in [0.2, 0.25) is 0 Å². The van der Waals surface area contributed by atoms with E-state index in [-0.39, 0.29) is 11.5 Å². The highest BCUT2D eigenvalue weighted by Crippen LogP contribution is 2.22. The van der Waals surface area contributed by atoms with Crippen molar-refractivity contribution in [1.82, 2.24) is 0 Å². The van der Waals surface area contributed by atoms with E-state index >= 15 is 0 Å². The van der Waals surface area contributed by atoms with Gasteiger partial charge in [0.2, 0.25) is 0 Å². The summed E-state index contributed by atoms with van der Waals surface area (Å²) in [6.45, 7) is -0.252. The highest BCUT2D eigenvalue weighted by Gasteiger charge is 2.14. The number of rotatable bonds is 6. The summed E-state index contributed by atoms with van der Waals surface area (Å²) in [5.41, 5.74) is 0.326. The van der Waals surface area contributed by atoms with Crippen molar-refractivity contribution >= 4 is 37.6 Å². The molecular weight excluding hydrogens is 386 g/mol. The summed E-state index contributed by atoms with van der Waals surface area (Å²) < 4.78 is 37.5. The van der Waals surface area contributed by atoms with Crippen molar-refractivity contribution < 1.29 is 22.7 Å². The molecule has 0 saturated carbocycles. The van der Waals surface area contributed by atoms with Gasteiger partial charge < -0.3 is 9.47 Å². The van der Waals surface area contributed by atoms with Gasteiger partial charge in [-0.15, -0.1) is 0 Å². The molecule has 0 spiro atoms. The highest BCUT2D eigenvalue weighted by molar-refractivity contribution is 9.10. The molecule has 0 bridgehead atoms. The van der Waals surface area contributed by atoms with E-state index in [1.165, 1.54) is 25.3 Å².